The van der Waals surface area contributed by atoms with Gasteiger partial charge < -0.3 is 24.5 Å². The van der Waals surface area contributed by atoms with Gasteiger partial charge in [-0.1, -0.05) is 0 Å². The maximum absolute atomic E-state index is 9.01. The topological polar surface area (TPSA) is 79.2 Å². The first-order valence-corrected chi connectivity index (χ1v) is 4.86. The lowest BCUT2D eigenvalue weighted by Crippen LogP contribution is -2.32. The summed E-state index contributed by atoms with van der Waals surface area (Å²) in [6.07, 6.45) is 0. The molecule has 88 valence electrons. The zero-order chi connectivity index (χ0) is 12.2. The van der Waals surface area contributed by atoms with Gasteiger partial charge in [0.2, 0.25) is 0 Å². The molecule has 0 aliphatic heterocycles. The average Bonchev–Trinajstić information content (AvgIpc) is 2.20. The Balaban J connectivity index is 2.64. The molecule has 16 heavy (non-hydrogen) atoms. The fourth-order valence-electron chi connectivity index (χ4n) is 1.06. The smallest absolute Gasteiger partial charge is 0.512 e. The molecule has 3 N–H and O–H groups in total. The molecule has 0 aliphatic carbocycles. The van der Waals surface area contributed by atoms with E-state index >= 15 is 0 Å². The minimum absolute atomic E-state index is 0.0966. The largest absolute Gasteiger partial charge is 0.707 e. The number of aliphatic hydroxyl groups is 1. The number of rotatable bonds is 5. The second-order valence-electron chi connectivity index (χ2n) is 3.94. The number of hydrogen-bond donors (Lipinski definition) is 3. The van der Waals surface area contributed by atoms with Crippen molar-refractivity contribution in [3.8, 4) is 11.5 Å². The van der Waals surface area contributed by atoms with Crippen LogP contribution < -0.4 is 9.39 Å². The van der Waals surface area contributed by atoms with Crippen LogP contribution in [0.5, 0.6) is 11.5 Å². The van der Waals surface area contributed by atoms with Gasteiger partial charge in [0.1, 0.15) is 17.1 Å². The van der Waals surface area contributed by atoms with Gasteiger partial charge in [0, 0.05) is 0 Å². The van der Waals surface area contributed by atoms with E-state index in [0.29, 0.717) is 11.5 Å². The molecule has 0 fully saturated rings. The SMILES string of the molecule is CC(C)(CO)Oc1ccc(OB(O)O)cc1. The molecule has 0 bridgehead atoms. The van der Waals surface area contributed by atoms with Gasteiger partial charge in [-0.2, -0.15) is 0 Å². The van der Waals surface area contributed by atoms with Gasteiger partial charge >= 0.3 is 7.32 Å². The molecule has 1 aromatic carbocycles. The molecule has 0 atom stereocenters. The van der Waals surface area contributed by atoms with E-state index in [1.807, 2.05) is 0 Å². The molecule has 1 aromatic rings. The summed E-state index contributed by atoms with van der Waals surface area (Å²) in [4.78, 5) is 0. The van der Waals surface area contributed by atoms with Crippen molar-refractivity contribution in [3.05, 3.63) is 24.3 Å². The van der Waals surface area contributed by atoms with Crippen molar-refractivity contribution in [3.63, 3.8) is 0 Å². The molecule has 0 saturated heterocycles. The monoisotopic (exact) mass is 226 g/mol. The zero-order valence-electron chi connectivity index (χ0n) is 9.25. The summed E-state index contributed by atoms with van der Waals surface area (Å²) in [7, 11) is -1.83. The third kappa shape index (κ3) is 4.10. The molecule has 0 amide bonds. The fourth-order valence-corrected chi connectivity index (χ4v) is 1.06. The van der Waals surface area contributed by atoms with Crippen LogP contribution in [0.4, 0.5) is 0 Å². The lowest BCUT2D eigenvalue weighted by atomic mass is 10.1. The summed E-state index contributed by atoms with van der Waals surface area (Å²) in [6.45, 7) is 3.42. The minimum atomic E-state index is -1.83. The lowest BCUT2D eigenvalue weighted by molar-refractivity contribution is 0.0412. The van der Waals surface area contributed by atoms with Crippen molar-refractivity contribution in [2.24, 2.45) is 0 Å². The Morgan fingerprint density at radius 3 is 2.06 bits per heavy atom. The van der Waals surface area contributed by atoms with Crippen molar-refractivity contribution in [1.29, 1.82) is 0 Å². The number of aliphatic hydroxyl groups excluding tert-OH is 1. The van der Waals surface area contributed by atoms with Gasteiger partial charge in [0.15, 0.2) is 0 Å². The highest BCUT2D eigenvalue weighted by atomic mass is 16.6. The average molecular weight is 226 g/mol. The van der Waals surface area contributed by atoms with Gasteiger partial charge in [-0.3, -0.25) is 0 Å². The van der Waals surface area contributed by atoms with Crippen LogP contribution in [0.1, 0.15) is 13.8 Å². The van der Waals surface area contributed by atoms with E-state index in [-0.39, 0.29) is 6.61 Å². The highest BCUT2D eigenvalue weighted by molar-refractivity contribution is 6.33. The molecule has 0 spiro atoms. The third-order valence-corrected chi connectivity index (χ3v) is 1.84. The van der Waals surface area contributed by atoms with Crippen LogP contribution in [0.3, 0.4) is 0 Å². The molecule has 6 heteroatoms. The van der Waals surface area contributed by atoms with Crippen LogP contribution in [0.25, 0.3) is 0 Å². The maximum Gasteiger partial charge on any atom is 0.707 e. The maximum atomic E-state index is 9.01. The van der Waals surface area contributed by atoms with E-state index in [1.165, 1.54) is 0 Å². The summed E-state index contributed by atoms with van der Waals surface area (Å²) in [5, 5.41) is 26.2. The van der Waals surface area contributed by atoms with E-state index in [4.69, 9.17) is 19.9 Å². The number of hydrogen-bond acceptors (Lipinski definition) is 5. The van der Waals surface area contributed by atoms with Gasteiger partial charge in [0.25, 0.3) is 0 Å². The summed E-state index contributed by atoms with van der Waals surface area (Å²) in [6, 6.07) is 6.33. The molecule has 0 aliphatic rings. The first-order chi connectivity index (χ1) is 7.43. The Morgan fingerprint density at radius 1 is 1.12 bits per heavy atom. The summed E-state index contributed by atoms with van der Waals surface area (Å²) in [5.41, 5.74) is -0.654. The first kappa shape index (κ1) is 12.8. The highest BCUT2D eigenvalue weighted by Gasteiger charge is 2.18. The Bertz CT molecular complexity index is 322. The standard InChI is InChI=1S/C10H15BO5/c1-10(2,7-12)15-8-3-5-9(6-4-8)16-11(13)14/h3-6,12-14H,7H2,1-2H3. The molecule has 0 saturated carbocycles. The van der Waals surface area contributed by atoms with Crippen LogP contribution in [-0.2, 0) is 0 Å². The van der Waals surface area contributed by atoms with Crippen molar-refractivity contribution in [1.82, 2.24) is 0 Å². The Kier molecular flexibility index (Phi) is 4.17. The second kappa shape index (κ2) is 5.20. The predicted octanol–water partition coefficient (Wildman–Crippen LogP) is 0.185. The minimum Gasteiger partial charge on any atom is -0.512 e. The van der Waals surface area contributed by atoms with E-state index in [1.54, 1.807) is 38.1 Å². The molecular formula is C10H15BO5. The highest BCUT2D eigenvalue weighted by Crippen LogP contribution is 2.21. The van der Waals surface area contributed by atoms with Gasteiger partial charge in [0.05, 0.1) is 6.61 Å². The third-order valence-electron chi connectivity index (χ3n) is 1.84. The molecule has 0 radical (unpaired) electrons. The number of benzene rings is 1. The Hall–Kier alpha value is -1.24. The van der Waals surface area contributed by atoms with E-state index in [9.17, 15) is 0 Å². The molecule has 0 heterocycles. The number of ether oxygens (including phenoxy) is 1. The summed E-state index contributed by atoms with van der Waals surface area (Å²) >= 11 is 0. The second-order valence-corrected chi connectivity index (χ2v) is 3.94. The predicted molar refractivity (Wildman–Crippen MR) is 59.1 cm³/mol. The normalized spacial score (nSPS) is 11.1. The van der Waals surface area contributed by atoms with Gasteiger partial charge in [-0.25, -0.2) is 0 Å². The summed E-state index contributed by atoms with van der Waals surface area (Å²) < 4.78 is 10.1. The van der Waals surface area contributed by atoms with Crippen molar-refractivity contribution < 1.29 is 24.5 Å². The van der Waals surface area contributed by atoms with Gasteiger partial charge in [-0.05, 0) is 38.1 Å². The lowest BCUT2D eigenvalue weighted by Gasteiger charge is -2.23. The quantitative estimate of drug-likeness (QED) is 0.624. The van der Waals surface area contributed by atoms with Crippen molar-refractivity contribution >= 4 is 7.32 Å². The van der Waals surface area contributed by atoms with Crippen LogP contribution >= 0.6 is 0 Å². The summed E-state index contributed by atoms with van der Waals surface area (Å²) in [5.74, 6) is 0.892. The molecule has 5 nitrogen and oxygen atoms in total. The molecule has 1 rings (SSSR count). The fraction of sp³-hybridized carbons (Fsp3) is 0.400. The van der Waals surface area contributed by atoms with Crippen LogP contribution in [0, 0.1) is 0 Å². The van der Waals surface area contributed by atoms with E-state index in [2.05, 4.69) is 4.65 Å². The Labute approximate surface area is 94.4 Å². The molecule has 0 unspecified atom stereocenters. The zero-order valence-corrected chi connectivity index (χ0v) is 9.25. The molecular weight excluding hydrogens is 211 g/mol. The van der Waals surface area contributed by atoms with Gasteiger partial charge in [-0.15, -0.1) is 0 Å². The van der Waals surface area contributed by atoms with Crippen LogP contribution in [0.15, 0.2) is 24.3 Å². The van der Waals surface area contributed by atoms with E-state index in [0.717, 1.165) is 0 Å². The molecule has 0 aromatic heterocycles. The first-order valence-electron chi connectivity index (χ1n) is 4.86. The van der Waals surface area contributed by atoms with Crippen molar-refractivity contribution in [2.45, 2.75) is 19.4 Å². The van der Waals surface area contributed by atoms with Crippen LogP contribution in [0.2, 0.25) is 0 Å². The Morgan fingerprint density at radius 2 is 1.62 bits per heavy atom. The van der Waals surface area contributed by atoms with Crippen molar-refractivity contribution in [2.75, 3.05) is 6.61 Å². The van der Waals surface area contributed by atoms with Crippen LogP contribution in [-0.4, -0.2) is 34.7 Å². The van der Waals surface area contributed by atoms with E-state index < -0.39 is 12.9 Å².